The van der Waals surface area contributed by atoms with Crippen LogP contribution in [0, 0.1) is 0 Å². The van der Waals surface area contributed by atoms with Crippen molar-refractivity contribution in [2.75, 3.05) is 7.05 Å². The molecule has 14 heavy (non-hydrogen) atoms. The van der Waals surface area contributed by atoms with E-state index in [0.29, 0.717) is 0 Å². The fourth-order valence-electron chi connectivity index (χ4n) is 1.46. The highest BCUT2D eigenvalue weighted by Crippen LogP contribution is 2.23. The number of aryl methyl sites for hydroxylation is 1. The van der Waals surface area contributed by atoms with Gasteiger partial charge in [-0.15, -0.1) is 0 Å². The Hall–Kier alpha value is -1.55. The molecule has 2 aromatic heterocycles. The molecule has 0 aliphatic carbocycles. The molecule has 0 saturated heterocycles. The minimum atomic E-state index is 0.733. The number of nitrogens with one attached hydrogen (secondary N) is 1. The van der Waals surface area contributed by atoms with Gasteiger partial charge in [-0.25, -0.2) is 0 Å². The molecule has 0 amide bonds. The maximum Gasteiger partial charge on any atom is 0.125 e. The summed E-state index contributed by atoms with van der Waals surface area (Å²) in [6.45, 7) is 0.733. The maximum atomic E-state index is 5.37. The topological polar surface area (TPSA) is 43.0 Å². The summed E-state index contributed by atoms with van der Waals surface area (Å²) in [5, 5.41) is 7.19. The summed E-state index contributed by atoms with van der Waals surface area (Å²) >= 11 is 0. The van der Waals surface area contributed by atoms with Crippen molar-refractivity contribution in [1.82, 2.24) is 15.1 Å². The Bertz CT molecular complexity index is 416. The zero-order chi connectivity index (χ0) is 9.97. The Labute approximate surface area is 82.5 Å². The molecular formula is C10H13N3O. The lowest BCUT2D eigenvalue weighted by Gasteiger charge is -1.98. The Kier molecular flexibility index (Phi) is 2.37. The molecule has 4 heteroatoms. The van der Waals surface area contributed by atoms with Crippen LogP contribution in [0.3, 0.4) is 0 Å². The minimum Gasteiger partial charge on any atom is -0.467 e. The summed E-state index contributed by atoms with van der Waals surface area (Å²) in [4.78, 5) is 0. The van der Waals surface area contributed by atoms with Crippen molar-refractivity contribution in [3.8, 4) is 11.1 Å². The van der Waals surface area contributed by atoms with E-state index in [4.69, 9.17) is 4.42 Å². The van der Waals surface area contributed by atoms with Gasteiger partial charge in [0.25, 0.3) is 0 Å². The van der Waals surface area contributed by atoms with Crippen molar-refractivity contribution in [3.05, 3.63) is 30.5 Å². The second-order valence-electron chi connectivity index (χ2n) is 3.19. The van der Waals surface area contributed by atoms with Crippen LogP contribution in [0.2, 0.25) is 0 Å². The first-order chi connectivity index (χ1) is 6.81. The van der Waals surface area contributed by atoms with Crippen molar-refractivity contribution < 1.29 is 4.42 Å². The van der Waals surface area contributed by atoms with Crippen LogP contribution in [0.25, 0.3) is 11.1 Å². The molecule has 0 aliphatic heterocycles. The highest BCUT2D eigenvalue weighted by Gasteiger charge is 2.08. The van der Waals surface area contributed by atoms with Crippen molar-refractivity contribution in [2.45, 2.75) is 6.54 Å². The highest BCUT2D eigenvalue weighted by molar-refractivity contribution is 5.63. The average molecular weight is 191 g/mol. The van der Waals surface area contributed by atoms with Crippen molar-refractivity contribution in [3.63, 3.8) is 0 Å². The van der Waals surface area contributed by atoms with Crippen LogP contribution < -0.4 is 5.32 Å². The third kappa shape index (κ3) is 1.56. The number of hydrogen-bond acceptors (Lipinski definition) is 3. The molecule has 0 aromatic carbocycles. The molecule has 0 saturated carbocycles. The van der Waals surface area contributed by atoms with Crippen LogP contribution in [0.15, 0.2) is 29.1 Å². The molecule has 0 atom stereocenters. The monoisotopic (exact) mass is 191 g/mol. The molecule has 0 bridgehead atoms. The van der Waals surface area contributed by atoms with E-state index in [-0.39, 0.29) is 0 Å². The van der Waals surface area contributed by atoms with Gasteiger partial charge in [-0.05, 0) is 13.1 Å². The Morgan fingerprint density at radius 1 is 1.57 bits per heavy atom. The Morgan fingerprint density at radius 2 is 2.43 bits per heavy atom. The summed E-state index contributed by atoms with van der Waals surface area (Å²) in [5.41, 5.74) is 2.19. The second-order valence-corrected chi connectivity index (χ2v) is 3.19. The summed E-state index contributed by atoms with van der Waals surface area (Å²) in [7, 11) is 3.80. The molecule has 0 spiro atoms. The standard InChI is InChI=1S/C10H13N3O/c1-11-6-10-9(3-4-14-10)8-5-12-13(2)7-8/h3-5,7,11H,6H2,1-2H3. The lowest BCUT2D eigenvalue weighted by atomic mass is 10.1. The molecular weight excluding hydrogens is 178 g/mol. The first kappa shape index (κ1) is 9.02. The average Bonchev–Trinajstić information content (AvgIpc) is 2.74. The van der Waals surface area contributed by atoms with Crippen LogP contribution in [0.1, 0.15) is 5.76 Å². The number of hydrogen-bond donors (Lipinski definition) is 1. The lowest BCUT2D eigenvalue weighted by Crippen LogP contribution is -2.04. The molecule has 74 valence electrons. The fraction of sp³-hybridized carbons (Fsp3) is 0.300. The van der Waals surface area contributed by atoms with Gasteiger partial charge in [-0.2, -0.15) is 5.10 Å². The van der Waals surface area contributed by atoms with E-state index in [9.17, 15) is 0 Å². The largest absolute Gasteiger partial charge is 0.467 e. The SMILES string of the molecule is CNCc1occc1-c1cnn(C)c1. The van der Waals surface area contributed by atoms with Crippen molar-refractivity contribution in [2.24, 2.45) is 7.05 Å². The van der Waals surface area contributed by atoms with E-state index in [1.807, 2.05) is 32.6 Å². The van der Waals surface area contributed by atoms with Crippen LogP contribution in [0.5, 0.6) is 0 Å². The molecule has 4 nitrogen and oxygen atoms in total. The van der Waals surface area contributed by atoms with E-state index < -0.39 is 0 Å². The van der Waals surface area contributed by atoms with Crippen LogP contribution in [-0.2, 0) is 13.6 Å². The second kappa shape index (κ2) is 3.67. The van der Waals surface area contributed by atoms with E-state index in [1.165, 1.54) is 0 Å². The fourth-order valence-corrected chi connectivity index (χ4v) is 1.46. The minimum absolute atomic E-state index is 0.733. The molecule has 2 aromatic rings. The van der Waals surface area contributed by atoms with Crippen LogP contribution >= 0.6 is 0 Å². The third-order valence-corrected chi connectivity index (χ3v) is 2.10. The predicted octanol–water partition coefficient (Wildman–Crippen LogP) is 1.40. The van der Waals surface area contributed by atoms with Gasteiger partial charge >= 0.3 is 0 Å². The number of rotatable bonds is 3. The number of furan rings is 1. The highest BCUT2D eigenvalue weighted by atomic mass is 16.3. The van der Waals surface area contributed by atoms with Gasteiger partial charge in [0, 0.05) is 24.4 Å². The quantitative estimate of drug-likeness (QED) is 0.797. The predicted molar refractivity (Wildman–Crippen MR) is 53.7 cm³/mol. The number of nitrogens with zero attached hydrogens (tertiary/aromatic N) is 2. The van der Waals surface area contributed by atoms with E-state index in [2.05, 4.69) is 10.4 Å². The van der Waals surface area contributed by atoms with Gasteiger partial charge in [0.05, 0.1) is 19.0 Å². The van der Waals surface area contributed by atoms with E-state index in [1.54, 1.807) is 10.9 Å². The van der Waals surface area contributed by atoms with Gasteiger partial charge in [0.15, 0.2) is 0 Å². The van der Waals surface area contributed by atoms with E-state index in [0.717, 1.165) is 23.4 Å². The Morgan fingerprint density at radius 3 is 3.07 bits per heavy atom. The third-order valence-electron chi connectivity index (χ3n) is 2.10. The summed E-state index contributed by atoms with van der Waals surface area (Å²) in [5.74, 6) is 0.945. The molecule has 0 fully saturated rings. The van der Waals surface area contributed by atoms with Crippen LogP contribution in [0.4, 0.5) is 0 Å². The van der Waals surface area contributed by atoms with Gasteiger partial charge in [0.2, 0.25) is 0 Å². The first-order valence-corrected chi connectivity index (χ1v) is 4.51. The summed E-state index contributed by atoms with van der Waals surface area (Å²) < 4.78 is 7.15. The maximum absolute atomic E-state index is 5.37. The molecule has 0 radical (unpaired) electrons. The number of aromatic nitrogens is 2. The smallest absolute Gasteiger partial charge is 0.125 e. The summed E-state index contributed by atoms with van der Waals surface area (Å²) in [6.07, 6.45) is 5.52. The van der Waals surface area contributed by atoms with Crippen molar-refractivity contribution >= 4 is 0 Å². The van der Waals surface area contributed by atoms with E-state index >= 15 is 0 Å². The van der Waals surface area contributed by atoms with Gasteiger partial charge in [-0.3, -0.25) is 4.68 Å². The summed E-state index contributed by atoms with van der Waals surface area (Å²) in [6, 6.07) is 1.96. The molecule has 0 unspecified atom stereocenters. The normalized spacial score (nSPS) is 10.7. The zero-order valence-corrected chi connectivity index (χ0v) is 8.32. The van der Waals surface area contributed by atoms with Gasteiger partial charge in [-0.1, -0.05) is 0 Å². The van der Waals surface area contributed by atoms with Gasteiger partial charge < -0.3 is 9.73 Å². The molecule has 2 rings (SSSR count). The zero-order valence-electron chi connectivity index (χ0n) is 8.32. The molecule has 1 N–H and O–H groups in total. The Balaban J connectivity index is 2.36. The van der Waals surface area contributed by atoms with Gasteiger partial charge in [0.1, 0.15) is 5.76 Å². The lowest BCUT2D eigenvalue weighted by molar-refractivity contribution is 0.497. The first-order valence-electron chi connectivity index (χ1n) is 4.51. The van der Waals surface area contributed by atoms with Crippen LogP contribution in [-0.4, -0.2) is 16.8 Å². The molecule has 0 aliphatic rings. The van der Waals surface area contributed by atoms with Crippen molar-refractivity contribution in [1.29, 1.82) is 0 Å². The molecule has 2 heterocycles.